The Morgan fingerprint density at radius 3 is 1.98 bits per heavy atom. The molecule has 2 aromatic carbocycles. The summed E-state index contributed by atoms with van der Waals surface area (Å²) in [5.41, 5.74) is 1.84. The molecular weight excluding hydrogens is 681 g/mol. The number of nitrogens with one attached hydrogen (secondary N) is 2. The Morgan fingerprint density at radius 1 is 0.765 bits per heavy atom. The molecule has 2 heterocycles. The number of ether oxygens (including phenoxy) is 2. The van der Waals surface area contributed by atoms with Crippen molar-refractivity contribution in [1.29, 1.82) is 0 Å². The molecule has 2 saturated carbocycles. The predicted molar refractivity (Wildman–Crippen MR) is 192 cm³/mol. The number of rotatable bonds is 11. The summed E-state index contributed by atoms with van der Waals surface area (Å²) in [6.45, 7) is 1.00. The standard InChI is InChI=1S/C39H44ClF3N4O4/c1-50-34-20-23(6-7-24(34)21-45-26-9-13-28(48)14-10-26)37-36(40)31(18-19-44-37)30-4-3-5-32(35(30)39(41,42)43)33-17-8-25(38(47-33)51-2)22-46-27-11-15-29(49)16-12-27/h3-8,17-20,26-29,45-46,48-49H,9-16,21-22H2,1-2H3/t26-,27-,28-,29+. The molecule has 0 aliphatic heterocycles. The number of aromatic nitrogens is 2. The molecule has 2 aliphatic carbocycles. The first kappa shape index (κ1) is 37.0. The number of alkyl halides is 3. The smallest absolute Gasteiger partial charge is 0.417 e. The fourth-order valence-electron chi connectivity index (χ4n) is 7.19. The van der Waals surface area contributed by atoms with Gasteiger partial charge < -0.3 is 30.3 Å². The van der Waals surface area contributed by atoms with Crippen LogP contribution in [0.15, 0.2) is 60.8 Å². The summed E-state index contributed by atoms with van der Waals surface area (Å²) in [4.78, 5) is 9.00. The zero-order valence-electron chi connectivity index (χ0n) is 28.8. The molecule has 2 aliphatic rings. The van der Waals surface area contributed by atoms with E-state index in [1.54, 1.807) is 31.4 Å². The number of benzene rings is 2. The van der Waals surface area contributed by atoms with Crippen molar-refractivity contribution in [3.8, 4) is 45.3 Å². The van der Waals surface area contributed by atoms with Crippen LogP contribution in [-0.4, -0.2) is 58.7 Å². The van der Waals surface area contributed by atoms with E-state index in [9.17, 15) is 10.2 Å². The zero-order chi connectivity index (χ0) is 36.1. The molecule has 0 radical (unpaired) electrons. The lowest BCUT2D eigenvalue weighted by Crippen LogP contribution is -2.34. The second kappa shape index (κ2) is 16.3. The number of aliphatic hydroxyl groups excluding tert-OH is 2. The molecule has 8 nitrogen and oxygen atoms in total. The van der Waals surface area contributed by atoms with Gasteiger partial charge in [0, 0.05) is 59.2 Å². The number of nitrogens with zero attached hydrogens (tertiary/aromatic N) is 2. The van der Waals surface area contributed by atoms with Crippen molar-refractivity contribution in [2.45, 2.75) is 94.9 Å². The van der Waals surface area contributed by atoms with Gasteiger partial charge in [0.25, 0.3) is 0 Å². The average molecular weight is 725 g/mol. The Hall–Kier alpha value is -3.74. The third kappa shape index (κ3) is 8.67. The van der Waals surface area contributed by atoms with Crippen LogP contribution in [0, 0.1) is 0 Å². The highest BCUT2D eigenvalue weighted by Crippen LogP contribution is 2.46. The van der Waals surface area contributed by atoms with Crippen LogP contribution in [0.25, 0.3) is 33.6 Å². The summed E-state index contributed by atoms with van der Waals surface area (Å²) < 4.78 is 56.4. The summed E-state index contributed by atoms with van der Waals surface area (Å²) in [5, 5.41) is 26.7. The number of aliphatic hydroxyl groups is 2. The third-order valence-electron chi connectivity index (χ3n) is 10.1. The largest absolute Gasteiger partial charge is 0.496 e. The molecule has 0 amide bonds. The molecule has 0 saturated heterocycles. The van der Waals surface area contributed by atoms with Gasteiger partial charge in [0.2, 0.25) is 5.88 Å². The number of hydrogen-bond acceptors (Lipinski definition) is 8. The van der Waals surface area contributed by atoms with Gasteiger partial charge in [-0.05, 0) is 75.1 Å². The summed E-state index contributed by atoms with van der Waals surface area (Å²) in [6, 6.07) is 15.3. The minimum atomic E-state index is -4.74. The zero-order valence-corrected chi connectivity index (χ0v) is 29.5. The average Bonchev–Trinajstić information content (AvgIpc) is 3.13. The molecule has 2 aromatic heterocycles. The second-order valence-corrected chi connectivity index (χ2v) is 13.8. The van der Waals surface area contributed by atoms with E-state index in [2.05, 4.69) is 20.6 Å². The van der Waals surface area contributed by atoms with Crippen LogP contribution in [0.2, 0.25) is 5.02 Å². The maximum atomic E-state index is 15.0. The molecule has 0 bridgehead atoms. The van der Waals surface area contributed by atoms with Crippen LogP contribution in [0.1, 0.15) is 68.1 Å². The van der Waals surface area contributed by atoms with Gasteiger partial charge in [-0.15, -0.1) is 0 Å². The van der Waals surface area contributed by atoms with E-state index in [-0.39, 0.29) is 51.5 Å². The SMILES string of the molecule is COc1cc(-c2nccc(-c3cccc(-c4ccc(CN[C@H]5CC[C@@H](O)CC5)c(OC)n4)c3C(F)(F)F)c2Cl)ccc1CN[C@H]1CC[C@H](O)CC1. The maximum Gasteiger partial charge on any atom is 0.417 e. The van der Waals surface area contributed by atoms with Crippen molar-refractivity contribution < 1.29 is 32.9 Å². The Bertz CT molecular complexity index is 1810. The fraction of sp³-hybridized carbons (Fsp3) is 0.436. The minimum Gasteiger partial charge on any atom is -0.496 e. The van der Waals surface area contributed by atoms with E-state index in [0.717, 1.165) is 62.5 Å². The van der Waals surface area contributed by atoms with E-state index in [0.29, 0.717) is 36.1 Å². The van der Waals surface area contributed by atoms with Crippen LogP contribution in [0.4, 0.5) is 13.2 Å². The monoisotopic (exact) mass is 724 g/mol. The van der Waals surface area contributed by atoms with Gasteiger partial charge in [-0.1, -0.05) is 48.0 Å². The van der Waals surface area contributed by atoms with Crippen molar-refractivity contribution in [3.63, 3.8) is 0 Å². The van der Waals surface area contributed by atoms with Gasteiger partial charge in [-0.2, -0.15) is 13.2 Å². The van der Waals surface area contributed by atoms with Gasteiger partial charge in [0.15, 0.2) is 0 Å². The predicted octanol–water partition coefficient (Wildman–Crippen LogP) is 7.95. The highest BCUT2D eigenvalue weighted by Gasteiger charge is 2.38. The quantitative estimate of drug-likeness (QED) is 0.124. The van der Waals surface area contributed by atoms with Crippen molar-refractivity contribution in [2.75, 3.05) is 14.2 Å². The molecule has 2 fully saturated rings. The lowest BCUT2D eigenvalue weighted by atomic mass is 9.92. The number of hydrogen-bond donors (Lipinski definition) is 4. The molecule has 4 N–H and O–H groups in total. The van der Waals surface area contributed by atoms with Crippen LogP contribution < -0.4 is 20.1 Å². The first-order chi connectivity index (χ1) is 24.5. The Morgan fingerprint density at radius 2 is 1.37 bits per heavy atom. The molecule has 0 spiro atoms. The van der Waals surface area contributed by atoms with E-state index in [1.807, 2.05) is 12.1 Å². The molecule has 12 heteroatoms. The summed E-state index contributed by atoms with van der Waals surface area (Å²) in [6.07, 6.45) is 2.72. The van der Waals surface area contributed by atoms with E-state index in [4.69, 9.17) is 21.1 Å². The molecule has 272 valence electrons. The van der Waals surface area contributed by atoms with E-state index < -0.39 is 11.7 Å². The van der Waals surface area contributed by atoms with Crippen LogP contribution in [0.3, 0.4) is 0 Å². The van der Waals surface area contributed by atoms with E-state index in [1.165, 1.54) is 31.5 Å². The fourth-order valence-corrected chi connectivity index (χ4v) is 7.51. The van der Waals surface area contributed by atoms with Crippen molar-refractivity contribution in [2.24, 2.45) is 0 Å². The Kier molecular flexibility index (Phi) is 11.8. The Balaban J connectivity index is 1.29. The maximum absolute atomic E-state index is 15.0. The van der Waals surface area contributed by atoms with Gasteiger partial charge in [0.05, 0.1) is 48.4 Å². The topological polar surface area (TPSA) is 109 Å². The summed E-state index contributed by atoms with van der Waals surface area (Å²) >= 11 is 6.92. The van der Waals surface area contributed by atoms with E-state index >= 15 is 13.2 Å². The normalized spacial score (nSPS) is 21.0. The lowest BCUT2D eigenvalue weighted by Gasteiger charge is -2.26. The molecular formula is C39H44ClF3N4O4. The number of pyridine rings is 2. The van der Waals surface area contributed by atoms with Crippen LogP contribution in [-0.2, 0) is 19.3 Å². The van der Waals surface area contributed by atoms with Gasteiger partial charge in [-0.3, -0.25) is 4.98 Å². The van der Waals surface area contributed by atoms with Gasteiger partial charge in [0.1, 0.15) is 5.75 Å². The first-order valence-corrected chi connectivity index (χ1v) is 17.8. The minimum absolute atomic E-state index is 0.0797. The lowest BCUT2D eigenvalue weighted by molar-refractivity contribution is -0.136. The van der Waals surface area contributed by atoms with Crippen molar-refractivity contribution in [1.82, 2.24) is 20.6 Å². The summed E-state index contributed by atoms with van der Waals surface area (Å²) in [5.74, 6) is 0.844. The van der Waals surface area contributed by atoms with Crippen molar-refractivity contribution in [3.05, 3.63) is 82.5 Å². The van der Waals surface area contributed by atoms with Crippen molar-refractivity contribution >= 4 is 11.6 Å². The highest BCUT2D eigenvalue weighted by molar-refractivity contribution is 6.35. The third-order valence-corrected chi connectivity index (χ3v) is 10.4. The molecule has 4 aromatic rings. The Labute approximate surface area is 301 Å². The highest BCUT2D eigenvalue weighted by atomic mass is 35.5. The second-order valence-electron chi connectivity index (χ2n) is 13.4. The molecule has 0 atom stereocenters. The molecule has 51 heavy (non-hydrogen) atoms. The number of halogens is 4. The van der Waals surface area contributed by atoms with Gasteiger partial charge >= 0.3 is 6.18 Å². The first-order valence-electron chi connectivity index (χ1n) is 17.4. The van der Waals surface area contributed by atoms with Crippen LogP contribution in [0.5, 0.6) is 11.6 Å². The van der Waals surface area contributed by atoms with Crippen LogP contribution >= 0.6 is 11.6 Å². The van der Waals surface area contributed by atoms with Gasteiger partial charge in [-0.25, -0.2) is 4.98 Å². The summed E-state index contributed by atoms with van der Waals surface area (Å²) in [7, 11) is 3.02. The number of methoxy groups -OCH3 is 2. The molecule has 6 rings (SSSR count). The molecule has 0 unspecified atom stereocenters.